The van der Waals surface area contributed by atoms with E-state index in [0.29, 0.717) is 33.4 Å². The number of phenols is 1. The van der Waals surface area contributed by atoms with Crippen molar-refractivity contribution in [3.8, 4) is 17.2 Å². The minimum atomic E-state index is -0.387. The lowest BCUT2D eigenvalue weighted by atomic mass is 10.2. The monoisotopic (exact) mass is 380 g/mol. The first-order valence-corrected chi connectivity index (χ1v) is 8.34. The Morgan fingerprint density at radius 3 is 2.81 bits per heavy atom. The van der Waals surface area contributed by atoms with Crippen LogP contribution in [-0.2, 0) is 0 Å². The molecule has 27 heavy (non-hydrogen) atoms. The van der Waals surface area contributed by atoms with Crippen LogP contribution in [0.2, 0.25) is 5.02 Å². The minimum absolute atomic E-state index is 0.132. The second kappa shape index (κ2) is 6.97. The first-order valence-electron chi connectivity index (χ1n) is 7.96. The molecule has 0 aliphatic rings. The summed E-state index contributed by atoms with van der Waals surface area (Å²) >= 11 is 6.08. The number of amides is 1. The van der Waals surface area contributed by atoms with Crippen molar-refractivity contribution >= 4 is 28.8 Å². The van der Waals surface area contributed by atoms with Crippen molar-refractivity contribution in [3.05, 3.63) is 77.7 Å². The van der Waals surface area contributed by atoms with Gasteiger partial charge in [-0.1, -0.05) is 11.6 Å². The third-order valence-corrected chi connectivity index (χ3v) is 4.01. The van der Waals surface area contributed by atoms with Crippen LogP contribution in [0.15, 0.2) is 67.1 Å². The lowest BCUT2D eigenvalue weighted by Crippen LogP contribution is -2.12. The summed E-state index contributed by atoms with van der Waals surface area (Å²) in [7, 11) is 0. The first-order chi connectivity index (χ1) is 13.1. The molecular formula is C19H13ClN4O3. The lowest BCUT2D eigenvalue weighted by molar-refractivity contribution is 0.102. The van der Waals surface area contributed by atoms with Gasteiger partial charge in [0.15, 0.2) is 11.4 Å². The Hall–Kier alpha value is -3.58. The molecule has 7 nitrogen and oxygen atoms in total. The molecular weight excluding hydrogens is 368 g/mol. The highest BCUT2D eigenvalue weighted by atomic mass is 35.5. The van der Waals surface area contributed by atoms with Crippen LogP contribution in [0.1, 0.15) is 10.4 Å². The molecule has 0 aliphatic carbocycles. The summed E-state index contributed by atoms with van der Waals surface area (Å²) in [6, 6.07) is 12.9. The minimum Gasteiger partial charge on any atom is -0.508 e. The molecule has 2 N–H and O–H groups in total. The molecule has 4 rings (SSSR count). The number of aromatic hydroxyl groups is 1. The Kier molecular flexibility index (Phi) is 4.35. The van der Waals surface area contributed by atoms with Crippen molar-refractivity contribution < 1.29 is 14.6 Å². The Balaban J connectivity index is 1.64. The quantitative estimate of drug-likeness (QED) is 0.555. The molecule has 2 aromatic carbocycles. The Labute approximate surface area is 158 Å². The van der Waals surface area contributed by atoms with Gasteiger partial charge in [-0.15, -0.1) is 0 Å². The zero-order chi connectivity index (χ0) is 18.8. The average molecular weight is 381 g/mol. The molecule has 0 saturated carbocycles. The third-order valence-electron chi connectivity index (χ3n) is 3.78. The number of carbonyl (C=O) groups excluding carboxylic acids is 1. The van der Waals surface area contributed by atoms with E-state index < -0.39 is 0 Å². The summed E-state index contributed by atoms with van der Waals surface area (Å²) < 4.78 is 7.32. The summed E-state index contributed by atoms with van der Waals surface area (Å²) in [4.78, 5) is 16.9. The van der Waals surface area contributed by atoms with E-state index in [-0.39, 0.29) is 11.7 Å². The maximum absolute atomic E-state index is 12.7. The number of halogens is 1. The van der Waals surface area contributed by atoms with Gasteiger partial charge in [-0.25, -0.2) is 9.50 Å². The lowest BCUT2D eigenvalue weighted by Gasteiger charge is -2.12. The van der Waals surface area contributed by atoms with Crippen molar-refractivity contribution in [1.29, 1.82) is 0 Å². The van der Waals surface area contributed by atoms with Gasteiger partial charge in [0, 0.05) is 17.4 Å². The van der Waals surface area contributed by atoms with Crippen LogP contribution >= 0.6 is 11.6 Å². The normalized spacial score (nSPS) is 10.7. The van der Waals surface area contributed by atoms with Gasteiger partial charge < -0.3 is 15.2 Å². The predicted octanol–water partition coefficient (Wildman–Crippen LogP) is 4.13. The highest BCUT2D eigenvalue weighted by Gasteiger charge is 2.16. The molecule has 0 atom stereocenters. The van der Waals surface area contributed by atoms with Gasteiger partial charge in [0.1, 0.15) is 17.1 Å². The van der Waals surface area contributed by atoms with E-state index in [4.69, 9.17) is 16.3 Å². The highest BCUT2D eigenvalue weighted by Crippen LogP contribution is 2.33. The van der Waals surface area contributed by atoms with Crippen molar-refractivity contribution in [2.45, 2.75) is 0 Å². The molecule has 0 bridgehead atoms. The topological polar surface area (TPSA) is 88.8 Å². The van der Waals surface area contributed by atoms with Crippen LogP contribution in [0.4, 0.5) is 5.69 Å². The molecule has 2 aromatic heterocycles. The van der Waals surface area contributed by atoms with Gasteiger partial charge in [-0.3, -0.25) is 4.79 Å². The summed E-state index contributed by atoms with van der Waals surface area (Å²) in [5.74, 6) is 0.653. The fourth-order valence-corrected chi connectivity index (χ4v) is 2.68. The van der Waals surface area contributed by atoms with Crippen LogP contribution < -0.4 is 10.1 Å². The number of rotatable bonds is 4. The van der Waals surface area contributed by atoms with E-state index in [0.717, 1.165) is 0 Å². The Bertz CT molecular complexity index is 1130. The van der Waals surface area contributed by atoms with Crippen molar-refractivity contribution in [2.24, 2.45) is 0 Å². The molecule has 0 saturated heterocycles. The molecule has 0 radical (unpaired) electrons. The zero-order valence-corrected chi connectivity index (χ0v) is 14.6. The summed E-state index contributed by atoms with van der Waals surface area (Å²) in [6.07, 6.45) is 4.74. The van der Waals surface area contributed by atoms with Gasteiger partial charge in [-0.05, 0) is 48.5 Å². The van der Waals surface area contributed by atoms with Gasteiger partial charge >= 0.3 is 0 Å². The molecule has 134 valence electrons. The molecule has 0 unspecified atom stereocenters. The number of fused-ring (bicyclic) bond motifs is 1. The summed E-state index contributed by atoms with van der Waals surface area (Å²) in [6.45, 7) is 0. The first kappa shape index (κ1) is 16.9. The molecule has 8 heteroatoms. The molecule has 1 amide bonds. The second-order valence-electron chi connectivity index (χ2n) is 5.64. The number of aromatic nitrogens is 3. The van der Waals surface area contributed by atoms with Crippen molar-refractivity contribution in [1.82, 2.24) is 14.6 Å². The molecule has 0 aliphatic heterocycles. The van der Waals surface area contributed by atoms with E-state index in [2.05, 4.69) is 15.4 Å². The van der Waals surface area contributed by atoms with E-state index >= 15 is 0 Å². The van der Waals surface area contributed by atoms with Gasteiger partial charge in [0.25, 0.3) is 5.91 Å². The van der Waals surface area contributed by atoms with Gasteiger partial charge in [0.05, 0.1) is 11.9 Å². The van der Waals surface area contributed by atoms with E-state index in [9.17, 15) is 9.90 Å². The largest absolute Gasteiger partial charge is 0.508 e. The number of benzene rings is 2. The number of ether oxygens (including phenoxy) is 1. The fraction of sp³-hybridized carbons (Fsp3) is 0. The maximum atomic E-state index is 12.7. The van der Waals surface area contributed by atoms with Crippen LogP contribution in [0.3, 0.4) is 0 Å². The molecule has 0 fully saturated rings. The summed E-state index contributed by atoms with van der Waals surface area (Å²) in [5.41, 5.74) is 1.17. The van der Waals surface area contributed by atoms with Crippen LogP contribution in [0.5, 0.6) is 17.2 Å². The van der Waals surface area contributed by atoms with E-state index in [1.807, 2.05) is 0 Å². The molecule has 2 heterocycles. The standard InChI is InChI=1S/C19H13ClN4O3/c20-12-2-7-17(27-14-5-3-13(25)4-6-14)16(10-12)23-19(26)15-11-22-24-9-1-8-21-18(15)24/h1-11,25H,(H,23,26). The number of hydrogen-bond acceptors (Lipinski definition) is 5. The zero-order valence-electron chi connectivity index (χ0n) is 13.8. The highest BCUT2D eigenvalue weighted by molar-refractivity contribution is 6.31. The maximum Gasteiger partial charge on any atom is 0.261 e. The van der Waals surface area contributed by atoms with Crippen LogP contribution in [0, 0.1) is 0 Å². The molecule has 4 aromatic rings. The fourth-order valence-electron chi connectivity index (χ4n) is 2.51. The number of hydrogen-bond donors (Lipinski definition) is 2. The molecule has 0 spiro atoms. The Morgan fingerprint density at radius 2 is 2.00 bits per heavy atom. The SMILES string of the molecule is O=C(Nc1cc(Cl)ccc1Oc1ccc(O)cc1)c1cnn2cccnc12. The second-order valence-corrected chi connectivity index (χ2v) is 6.07. The van der Waals surface area contributed by atoms with Gasteiger partial charge in [-0.2, -0.15) is 5.10 Å². The number of phenolic OH excluding ortho intramolecular Hbond substituents is 1. The summed E-state index contributed by atoms with van der Waals surface area (Å²) in [5, 5.41) is 16.7. The number of anilines is 1. The van der Waals surface area contributed by atoms with Crippen LogP contribution in [-0.4, -0.2) is 25.6 Å². The van der Waals surface area contributed by atoms with Crippen LogP contribution in [0.25, 0.3) is 5.65 Å². The number of carbonyl (C=O) groups is 1. The number of nitrogens with zero attached hydrogens (tertiary/aromatic N) is 3. The van der Waals surface area contributed by atoms with E-state index in [1.165, 1.54) is 22.8 Å². The Morgan fingerprint density at radius 1 is 1.19 bits per heavy atom. The van der Waals surface area contributed by atoms with Crippen molar-refractivity contribution in [3.63, 3.8) is 0 Å². The van der Waals surface area contributed by atoms with Gasteiger partial charge in [0.2, 0.25) is 0 Å². The van der Waals surface area contributed by atoms with Crippen molar-refractivity contribution in [2.75, 3.05) is 5.32 Å². The number of nitrogens with one attached hydrogen (secondary N) is 1. The average Bonchev–Trinajstić information content (AvgIpc) is 3.10. The third kappa shape index (κ3) is 3.54. The predicted molar refractivity (Wildman–Crippen MR) is 101 cm³/mol. The smallest absolute Gasteiger partial charge is 0.261 e. The van der Waals surface area contributed by atoms with E-state index in [1.54, 1.807) is 48.8 Å².